The number of benzene rings is 2. The van der Waals surface area contributed by atoms with E-state index in [0.29, 0.717) is 16.8 Å². The monoisotopic (exact) mass is 495 g/mol. The Morgan fingerprint density at radius 2 is 1.73 bits per heavy atom. The first-order chi connectivity index (χ1) is 18.0. The fourth-order valence-corrected chi connectivity index (χ4v) is 5.59. The maximum Gasteiger partial charge on any atom is 0.292 e. The Bertz CT molecular complexity index is 1700. The Balaban J connectivity index is 1.34. The van der Waals surface area contributed by atoms with Crippen molar-refractivity contribution in [3.63, 3.8) is 0 Å². The summed E-state index contributed by atoms with van der Waals surface area (Å²) in [6.45, 7) is 8.36. The number of rotatable bonds is 4. The second-order valence-electron chi connectivity index (χ2n) is 10.2. The minimum atomic E-state index is -0.390. The number of aromatic amines is 1. The normalized spacial score (nSPS) is 16.8. The molecule has 9 heteroatoms. The molecule has 0 bridgehead atoms. The number of nitrogens with zero attached hydrogens (tertiary/aromatic N) is 5. The van der Waals surface area contributed by atoms with Gasteiger partial charge in [-0.1, -0.05) is 11.6 Å². The van der Waals surface area contributed by atoms with Crippen molar-refractivity contribution in [2.24, 2.45) is 0 Å². The van der Waals surface area contributed by atoms with E-state index < -0.39 is 0 Å². The van der Waals surface area contributed by atoms with Gasteiger partial charge in [0, 0.05) is 48.9 Å². The Hall–Kier alpha value is -4.11. The summed E-state index contributed by atoms with van der Waals surface area (Å²) >= 11 is 0. The summed E-state index contributed by atoms with van der Waals surface area (Å²) in [6.07, 6.45) is 2.70. The van der Waals surface area contributed by atoms with Gasteiger partial charge in [-0.3, -0.25) is 9.69 Å². The topological polar surface area (TPSA) is 109 Å². The van der Waals surface area contributed by atoms with E-state index in [1.165, 1.54) is 18.5 Å². The second-order valence-corrected chi connectivity index (χ2v) is 10.2. The maximum atomic E-state index is 12.7. The highest BCUT2D eigenvalue weighted by Gasteiger charge is 2.31. The molecule has 188 valence electrons. The molecule has 7 rings (SSSR count). The van der Waals surface area contributed by atoms with Crippen LogP contribution in [0.4, 0.5) is 11.5 Å². The number of anilines is 2. The average molecular weight is 496 g/mol. The van der Waals surface area contributed by atoms with Crippen LogP contribution in [-0.4, -0.2) is 57.1 Å². The van der Waals surface area contributed by atoms with Crippen LogP contribution >= 0.6 is 0 Å². The molecule has 0 spiro atoms. The number of furan rings is 1. The first-order valence-electron chi connectivity index (χ1n) is 12.8. The zero-order chi connectivity index (χ0) is 25.3. The summed E-state index contributed by atoms with van der Waals surface area (Å²) in [7, 11) is 0. The summed E-state index contributed by atoms with van der Waals surface area (Å²) < 4.78 is 8.10. The molecule has 2 aromatic carbocycles. The van der Waals surface area contributed by atoms with Crippen molar-refractivity contribution < 1.29 is 4.42 Å². The van der Waals surface area contributed by atoms with Gasteiger partial charge in [-0.2, -0.15) is 10.2 Å². The van der Waals surface area contributed by atoms with E-state index in [0.717, 1.165) is 60.0 Å². The minimum Gasteiger partial charge on any atom is -0.454 e. The van der Waals surface area contributed by atoms with Crippen molar-refractivity contribution >= 4 is 33.4 Å². The molecule has 0 radical (unpaired) electrons. The van der Waals surface area contributed by atoms with Crippen LogP contribution in [0, 0.1) is 13.8 Å². The van der Waals surface area contributed by atoms with Crippen LogP contribution in [0.5, 0.6) is 0 Å². The van der Waals surface area contributed by atoms with Crippen molar-refractivity contribution in [1.82, 2.24) is 24.9 Å². The van der Waals surface area contributed by atoms with Crippen LogP contribution in [0.1, 0.15) is 24.0 Å². The average Bonchev–Trinajstić information content (AvgIpc) is 3.62. The van der Waals surface area contributed by atoms with E-state index in [4.69, 9.17) is 15.2 Å². The number of nitrogen functional groups attached to an aromatic ring is 1. The van der Waals surface area contributed by atoms with E-state index in [9.17, 15) is 4.79 Å². The van der Waals surface area contributed by atoms with Gasteiger partial charge in [0.1, 0.15) is 11.3 Å². The van der Waals surface area contributed by atoms with Crippen LogP contribution in [0.15, 0.2) is 51.7 Å². The second kappa shape index (κ2) is 8.21. The van der Waals surface area contributed by atoms with Crippen molar-refractivity contribution in [3.05, 3.63) is 63.9 Å². The van der Waals surface area contributed by atoms with Gasteiger partial charge in [0.15, 0.2) is 17.1 Å². The Kier molecular flexibility index (Phi) is 4.91. The van der Waals surface area contributed by atoms with E-state index in [1.807, 2.05) is 31.2 Å². The van der Waals surface area contributed by atoms with Gasteiger partial charge in [-0.25, -0.2) is 9.78 Å². The van der Waals surface area contributed by atoms with Gasteiger partial charge in [0.2, 0.25) is 0 Å². The number of nitrogens with two attached hydrogens (primary N) is 1. The largest absolute Gasteiger partial charge is 0.454 e. The molecule has 5 aromatic rings. The first kappa shape index (κ1) is 22.1. The smallest absolute Gasteiger partial charge is 0.292 e. The third-order valence-corrected chi connectivity index (χ3v) is 7.78. The minimum absolute atomic E-state index is 0.206. The number of piperazine rings is 1. The van der Waals surface area contributed by atoms with E-state index in [-0.39, 0.29) is 16.9 Å². The van der Waals surface area contributed by atoms with Crippen LogP contribution in [-0.2, 0) is 0 Å². The third-order valence-electron chi connectivity index (χ3n) is 7.78. The Morgan fingerprint density at radius 3 is 2.46 bits per heavy atom. The van der Waals surface area contributed by atoms with Gasteiger partial charge in [0.25, 0.3) is 5.56 Å². The molecule has 3 aromatic heterocycles. The standard InChI is InChI=1S/C28H29N7O2/c1-16-3-10-22-21(15-16)17(2)26(37-22)25-23-24(28(36)31-30-27(23)29)32-35(25)20-8-6-19(7-9-20)34-13-11-33(12-14-34)18-4-5-18/h3,6-10,15,18H,4-5,11-14H2,1-2H3,(H2,29,30)(H,31,36). The molecule has 37 heavy (non-hydrogen) atoms. The molecule has 2 aliphatic rings. The lowest BCUT2D eigenvalue weighted by molar-refractivity contribution is 0.248. The highest BCUT2D eigenvalue weighted by atomic mass is 16.3. The molecule has 3 N–H and O–H groups in total. The number of nitrogens with one attached hydrogen (secondary N) is 1. The molecule has 1 aliphatic heterocycles. The van der Waals surface area contributed by atoms with Crippen LogP contribution < -0.4 is 16.2 Å². The summed E-state index contributed by atoms with van der Waals surface area (Å²) in [5, 5.41) is 12.7. The molecule has 2 fully saturated rings. The van der Waals surface area contributed by atoms with Gasteiger partial charge in [0.05, 0.1) is 11.1 Å². The Morgan fingerprint density at radius 1 is 1.00 bits per heavy atom. The van der Waals surface area contributed by atoms with E-state index in [1.54, 1.807) is 4.68 Å². The summed E-state index contributed by atoms with van der Waals surface area (Å²) in [5.74, 6) is 0.833. The molecule has 1 saturated carbocycles. The summed E-state index contributed by atoms with van der Waals surface area (Å²) in [6, 6.07) is 15.2. The van der Waals surface area contributed by atoms with Gasteiger partial charge in [-0.05, 0) is 63.1 Å². The van der Waals surface area contributed by atoms with Gasteiger partial charge >= 0.3 is 0 Å². The molecular formula is C28H29N7O2. The van der Waals surface area contributed by atoms with Gasteiger partial charge in [-0.15, -0.1) is 0 Å². The lowest BCUT2D eigenvalue weighted by atomic mass is 10.1. The zero-order valence-corrected chi connectivity index (χ0v) is 21.0. The fourth-order valence-electron chi connectivity index (χ4n) is 5.59. The molecule has 1 saturated heterocycles. The molecular weight excluding hydrogens is 466 g/mol. The predicted octanol–water partition coefficient (Wildman–Crippen LogP) is 4.01. The number of aromatic nitrogens is 4. The lowest BCUT2D eigenvalue weighted by Crippen LogP contribution is -2.47. The molecule has 1 aliphatic carbocycles. The van der Waals surface area contributed by atoms with Crippen molar-refractivity contribution in [3.8, 4) is 17.1 Å². The number of fused-ring (bicyclic) bond motifs is 2. The summed E-state index contributed by atoms with van der Waals surface area (Å²) in [4.78, 5) is 17.8. The van der Waals surface area contributed by atoms with Gasteiger partial charge < -0.3 is 15.1 Å². The van der Waals surface area contributed by atoms with Crippen molar-refractivity contribution in [2.75, 3.05) is 36.8 Å². The lowest BCUT2D eigenvalue weighted by Gasteiger charge is -2.36. The molecule has 9 nitrogen and oxygen atoms in total. The summed E-state index contributed by atoms with van der Waals surface area (Å²) in [5.41, 5.74) is 11.7. The number of H-pyrrole nitrogens is 1. The van der Waals surface area contributed by atoms with Crippen LogP contribution in [0.3, 0.4) is 0 Å². The quantitative estimate of drug-likeness (QED) is 0.388. The van der Waals surface area contributed by atoms with Crippen LogP contribution in [0.2, 0.25) is 0 Å². The predicted molar refractivity (Wildman–Crippen MR) is 145 cm³/mol. The fraction of sp³-hybridized carbons (Fsp3) is 0.321. The molecule has 0 atom stereocenters. The maximum absolute atomic E-state index is 12.7. The first-order valence-corrected chi connectivity index (χ1v) is 12.8. The number of hydrogen-bond acceptors (Lipinski definition) is 7. The Labute approximate surface area is 213 Å². The van der Waals surface area contributed by atoms with E-state index in [2.05, 4.69) is 45.1 Å². The molecule has 0 unspecified atom stereocenters. The molecule has 0 amide bonds. The highest BCUT2D eigenvalue weighted by molar-refractivity contribution is 6.02. The van der Waals surface area contributed by atoms with Crippen LogP contribution in [0.25, 0.3) is 39.0 Å². The molecule has 4 heterocycles. The number of hydrogen-bond donors (Lipinski definition) is 2. The SMILES string of the molecule is Cc1ccc2oc(-c3c4c(N)n[nH]c(=O)c4nn3-c3ccc(N4CCN(C5CC5)CC4)cc3)c(C)c2c1. The van der Waals surface area contributed by atoms with Crippen molar-refractivity contribution in [2.45, 2.75) is 32.7 Å². The van der Waals surface area contributed by atoms with Crippen molar-refractivity contribution in [1.29, 1.82) is 0 Å². The zero-order valence-electron chi connectivity index (χ0n) is 21.0. The third kappa shape index (κ3) is 3.61. The van der Waals surface area contributed by atoms with E-state index >= 15 is 0 Å². The number of aryl methyl sites for hydroxylation is 2. The highest BCUT2D eigenvalue weighted by Crippen LogP contribution is 2.39.